The minimum Gasteiger partial charge on any atom is -0.338 e. The van der Waals surface area contributed by atoms with E-state index in [0.717, 1.165) is 32.6 Å². The van der Waals surface area contributed by atoms with Crippen LogP contribution in [-0.4, -0.2) is 63.8 Å². The van der Waals surface area contributed by atoms with Crippen molar-refractivity contribution in [1.82, 2.24) is 29.9 Å². The Morgan fingerprint density at radius 3 is 2.88 bits per heavy atom. The maximum atomic E-state index is 12.6. The zero-order chi connectivity index (χ0) is 16.8. The summed E-state index contributed by atoms with van der Waals surface area (Å²) in [7, 11) is 2.10. The molecule has 1 N–H and O–H groups in total. The maximum Gasteiger partial charge on any atom is 0.318 e. The molecule has 7 heteroatoms. The number of urea groups is 1. The van der Waals surface area contributed by atoms with Crippen molar-refractivity contribution >= 4 is 6.03 Å². The molecule has 0 unspecified atom stereocenters. The Kier molecular flexibility index (Phi) is 5.43. The van der Waals surface area contributed by atoms with Gasteiger partial charge in [0.05, 0.1) is 6.04 Å². The quantitative estimate of drug-likeness (QED) is 0.842. The van der Waals surface area contributed by atoms with Crippen molar-refractivity contribution in [2.45, 2.75) is 19.0 Å². The van der Waals surface area contributed by atoms with Crippen LogP contribution in [0.2, 0.25) is 0 Å². The number of carbonyl (C=O) groups excluding carboxylic acids is 1. The summed E-state index contributed by atoms with van der Waals surface area (Å²) in [5, 5.41) is 7.10. The number of piperazine rings is 1. The predicted octanol–water partition coefficient (Wildman–Crippen LogP) is 1.37. The van der Waals surface area contributed by atoms with E-state index in [1.165, 1.54) is 11.9 Å². The molecule has 3 rings (SSSR count). The second-order valence-corrected chi connectivity index (χ2v) is 6.13. The molecule has 1 aromatic heterocycles. The minimum absolute atomic E-state index is 0.00976. The highest BCUT2D eigenvalue weighted by Gasteiger charge is 2.29. The van der Waals surface area contributed by atoms with Gasteiger partial charge in [-0.25, -0.2) is 9.78 Å². The van der Waals surface area contributed by atoms with Gasteiger partial charge >= 0.3 is 6.03 Å². The van der Waals surface area contributed by atoms with Gasteiger partial charge in [0.2, 0.25) is 0 Å². The number of carbonyl (C=O) groups is 1. The van der Waals surface area contributed by atoms with Crippen LogP contribution in [0.1, 0.15) is 18.0 Å². The molecule has 0 bridgehead atoms. The van der Waals surface area contributed by atoms with E-state index in [1.54, 1.807) is 11.0 Å². The van der Waals surface area contributed by atoms with E-state index in [-0.39, 0.29) is 12.1 Å². The van der Waals surface area contributed by atoms with E-state index in [4.69, 9.17) is 0 Å². The van der Waals surface area contributed by atoms with Gasteiger partial charge in [0.1, 0.15) is 12.7 Å². The monoisotopic (exact) mass is 328 g/mol. The maximum absolute atomic E-state index is 12.6. The summed E-state index contributed by atoms with van der Waals surface area (Å²) in [5.74, 6) is 0. The lowest BCUT2D eigenvalue weighted by molar-refractivity contribution is 0.109. The van der Waals surface area contributed by atoms with Crippen LogP contribution in [0.15, 0.2) is 43.0 Å². The van der Waals surface area contributed by atoms with E-state index in [9.17, 15) is 4.79 Å². The fourth-order valence-corrected chi connectivity index (χ4v) is 3.01. The van der Waals surface area contributed by atoms with Crippen LogP contribution < -0.4 is 5.32 Å². The minimum atomic E-state index is 0.00976. The van der Waals surface area contributed by atoms with E-state index in [2.05, 4.69) is 39.5 Å². The highest BCUT2D eigenvalue weighted by atomic mass is 16.2. The number of aromatic nitrogens is 3. The van der Waals surface area contributed by atoms with E-state index in [1.807, 2.05) is 23.1 Å². The second kappa shape index (κ2) is 7.92. The molecule has 1 aliphatic rings. The molecule has 0 aliphatic carbocycles. The second-order valence-electron chi connectivity index (χ2n) is 6.13. The highest BCUT2D eigenvalue weighted by Crippen LogP contribution is 2.24. The van der Waals surface area contributed by atoms with E-state index >= 15 is 0 Å². The molecule has 1 fully saturated rings. The molecule has 1 atom stereocenters. The van der Waals surface area contributed by atoms with Crippen LogP contribution in [-0.2, 0) is 6.54 Å². The summed E-state index contributed by atoms with van der Waals surface area (Å²) in [4.78, 5) is 20.7. The molecule has 24 heavy (non-hydrogen) atoms. The van der Waals surface area contributed by atoms with Crippen LogP contribution in [0, 0.1) is 0 Å². The zero-order valence-electron chi connectivity index (χ0n) is 14.0. The summed E-state index contributed by atoms with van der Waals surface area (Å²) in [6.45, 7) is 3.88. The van der Waals surface area contributed by atoms with Crippen LogP contribution in [0.4, 0.5) is 4.79 Å². The van der Waals surface area contributed by atoms with Crippen LogP contribution in [0.3, 0.4) is 0 Å². The smallest absolute Gasteiger partial charge is 0.318 e. The molecule has 2 heterocycles. The molecular weight excluding hydrogens is 304 g/mol. The van der Waals surface area contributed by atoms with Crippen molar-refractivity contribution in [2.24, 2.45) is 0 Å². The Balaban J connectivity index is 1.55. The van der Waals surface area contributed by atoms with Gasteiger partial charge < -0.3 is 15.1 Å². The zero-order valence-corrected chi connectivity index (χ0v) is 14.0. The van der Waals surface area contributed by atoms with Crippen molar-refractivity contribution < 1.29 is 4.79 Å². The summed E-state index contributed by atoms with van der Waals surface area (Å²) in [6.07, 6.45) is 4.04. The largest absolute Gasteiger partial charge is 0.338 e. The Labute approximate surface area is 142 Å². The van der Waals surface area contributed by atoms with Crippen LogP contribution in [0.5, 0.6) is 0 Å². The summed E-state index contributed by atoms with van der Waals surface area (Å²) >= 11 is 0. The van der Waals surface area contributed by atoms with Crippen LogP contribution in [0.25, 0.3) is 0 Å². The van der Waals surface area contributed by atoms with Gasteiger partial charge in [-0.05, 0) is 19.0 Å². The van der Waals surface area contributed by atoms with Gasteiger partial charge in [-0.3, -0.25) is 4.68 Å². The SMILES string of the molecule is CN1CCN(C(=O)NCCCn2cncn2)[C@@H](c2ccccc2)C1. The van der Waals surface area contributed by atoms with Crippen molar-refractivity contribution in [2.75, 3.05) is 33.2 Å². The predicted molar refractivity (Wildman–Crippen MR) is 91.4 cm³/mol. The number of rotatable bonds is 5. The Bertz CT molecular complexity index is 630. The lowest BCUT2D eigenvalue weighted by Crippen LogP contribution is -2.52. The van der Waals surface area contributed by atoms with Gasteiger partial charge in [-0.1, -0.05) is 30.3 Å². The number of amides is 2. The topological polar surface area (TPSA) is 66.3 Å². The normalized spacial score (nSPS) is 18.5. The molecule has 1 aliphatic heterocycles. The fourth-order valence-electron chi connectivity index (χ4n) is 3.01. The third-order valence-electron chi connectivity index (χ3n) is 4.34. The summed E-state index contributed by atoms with van der Waals surface area (Å²) in [6, 6.07) is 10.3. The first kappa shape index (κ1) is 16.4. The Hall–Kier alpha value is -2.41. The van der Waals surface area contributed by atoms with Crippen LogP contribution >= 0.6 is 0 Å². The first-order chi connectivity index (χ1) is 11.7. The first-order valence-electron chi connectivity index (χ1n) is 8.34. The third-order valence-corrected chi connectivity index (χ3v) is 4.34. The standard InChI is InChI=1S/C17H24N6O/c1-21-10-11-23(16(12-21)15-6-3-2-4-7-15)17(24)19-8-5-9-22-14-18-13-20-22/h2-4,6-7,13-14,16H,5,8-12H2,1H3,(H,19,24)/t16-/m1/s1. The average Bonchev–Trinajstić information content (AvgIpc) is 3.12. The molecule has 1 saturated heterocycles. The molecule has 1 aromatic carbocycles. The number of nitrogens with zero attached hydrogens (tertiary/aromatic N) is 5. The van der Waals surface area contributed by atoms with Gasteiger partial charge in [0, 0.05) is 32.7 Å². The van der Waals surface area contributed by atoms with Crippen molar-refractivity contribution in [1.29, 1.82) is 0 Å². The van der Waals surface area contributed by atoms with Crippen molar-refractivity contribution in [3.8, 4) is 0 Å². The van der Waals surface area contributed by atoms with E-state index < -0.39 is 0 Å². The molecule has 2 aromatic rings. The Morgan fingerprint density at radius 2 is 2.12 bits per heavy atom. The summed E-state index contributed by atoms with van der Waals surface area (Å²) in [5.41, 5.74) is 1.18. The highest BCUT2D eigenvalue weighted by molar-refractivity contribution is 5.75. The fraction of sp³-hybridized carbons (Fsp3) is 0.471. The number of aryl methyl sites for hydroxylation is 1. The van der Waals surface area contributed by atoms with Crippen molar-refractivity contribution in [3.05, 3.63) is 48.5 Å². The first-order valence-corrected chi connectivity index (χ1v) is 8.34. The molecule has 0 radical (unpaired) electrons. The van der Waals surface area contributed by atoms with Gasteiger partial charge in [-0.15, -0.1) is 0 Å². The average molecular weight is 328 g/mol. The number of nitrogens with one attached hydrogen (secondary N) is 1. The van der Waals surface area contributed by atoms with Gasteiger partial charge in [0.15, 0.2) is 0 Å². The number of likely N-dealkylation sites (N-methyl/N-ethyl adjacent to an activating group) is 1. The molecule has 0 saturated carbocycles. The third kappa shape index (κ3) is 4.11. The van der Waals surface area contributed by atoms with E-state index in [0.29, 0.717) is 6.54 Å². The lowest BCUT2D eigenvalue weighted by atomic mass is 10.0. The number of benzene rings is 1. The molecule has 0 spiro atoms. The molecule has 128 valence electrons. The Morgan fingerprint density at radius 1 is 1.29 bits per heavy atom. The number of hydrogen-bond acceptors (Lipinski definition) is 4. The van der Waals surface area contributed by atoms with Gasteiger partial charge in [0.25, 0.3) is 0 Å². The van der Waals surface area contributed by atoms with Gasteiger partial charge in [-0.2, -0.15) is 5.10 Å². The molecule has 2 amide bonds. The molecule has 7 nitrogen and oxygen atoms in total. The summed E-state index contributed by atoms with van der Waals surface area (Å²) < 4.78 is 1.77. The lowest BCUT2D eigenvalue weighted by Gasteiger charge is -2.40. The molecular formula is C17H24N6O. The number of hydrogen-bond donors (Lipinski definition) is 1. The van der Waals surface area contributed by atoms with Crippen molar-refractivity contribution in [3.63, 3.8) is 0 Å².